The first-order valence-electron chi connectivity index (χ1n) is 9.24. The molecule has 2 N–H and O–H groups in total. The Bertz CT molecular complexity index is 645. The minimum absolute atomic E-state index is 0.108. The summed E-state index contributed by atoms with van der Waals surface area (Å²) in [7, 11) is 0. The predicted octanol–water partition coefficient (Wildman–Crippen LogP) is 4.71. The minimum atomic E-state index is -0.411. The van der Waals surface area contributed by atoms with Crippen molar-refractivity contribution in [1.82, 2.24) is 0 Å². The lowest BCUT2D eigenvalue weighted by atomic mass is 9.67. The summed E-state index contributed by atoms with van der Waals surface area (Å²) < 4.78 is 6.30. The molecule has 1 heterocycles. The molecule has 0 saturated heterocycles. The highest BCUT2D eigenvalue weighted by atomic mass is 16.5. The highest BCUT2D eigenvalue weighted by Crippen LogP contribution is 2.53. The molecule has 132 valence electrons. The summed E-state index contributed by atoms with van der Waals surface area (Å²) in [6.07, 6.45) is 6.89. The summed E-state index contributed by atoms with van der Waals surface area (Å²) in [5.41, 5.74) is 2.67. The van der Waals surface area contributed by atoms with Crippen LogP contribution in [0, 0.1) is 5.92 Å². The number of rotatable bonds is 4. The van der Waals surface area contributed by atoms with Crippen LogP contribution in [0.1, 0.15) is 70.4 Å². The lowest BCUT2D eigenvalue weighted by Gasteiger charge is -2.47. The van der Waals surface area contributed by atoms with E-state index in [4.69, 9.17) is 4.74 Å². The molecule has 24 heavy (non-hydrogen) atoms. The molecule has 3 rings (SSSR count). The number of allylic oxidation sites excluding steroid dienone is 1. The maximum Gasteiger partial charge on any atom is 0.127 e. The van der Waals surface area contributed by atoms with Gasteiger partial charge in [0.05, 0.1) is 6.10 Å². The molecule has 1 aliphatic heterocycles. The second kappa shape index (κ2) is 6.44. The molecule has 3 heteroatoms. The van der Waals surface area contributed by atoms with Gasteiger partial charge in [-0.2, -0.15) is 0 Å². The molecular formula is C21H30O3. The lowest BCUT2D eigenvalue weighted by Crippen LogP contribution is -2.47. The van der Waals surface area contributed by atoms with Crippen LogP contribution < -0.4 is 4.74 Å². The average molecular weight is 330 g/mol. The fraction of sp³-hybridized carbons (Fsp3) is 0.619. The molecule has 3 nitrogen and oxygen atoms in total. The fourth-order valence-corrected chi connectivity index (χ4v) is 4.25. The van der Waals surface area contributed by atoms with Gasteiger partial charge in [-0.15, -0.1) is 0 Å². The van der Waals surface area contributed by atoms with Gasteiger partial charge < -0.3 is 14.9 Å². The minimum Gasteiger partial charge on any atom is -0.507 e. The smallest absolute Gasteiger partial charge is 0.127 e. The van der Waals surface area contributed by atoms with Crippen LogP contribution in [0.15, 0.2) is 23.8 Å². The molecule has 3 atom stereocenters. The zero-order valence-corrected chi connectivity index (χ0v) is 15.3. The van der Waals surface area contributed by atoms with Crippen LogP contribution in [0.3, 0.4) is 0 Å². The maximum absolute atomic E-state index is 10.7. The van der Waals surface area contributed by atoms with E-state index in [0.717, 1.165) is 35.3 Å². The second-order valence-corrected chi connectivity index (χ2v) is 7.98. The number of fused-ring (bicyclic) bond motifs is 3. The summed E-state index contributed by atoms with van der Waals surface area (Å²) in [6.45, 7) is 8.35. The van der Waals surface area contributed by atoms with E-state index in [-0.39, 0.29) is 17.4 Å². The first-order valence-corrected chi connectivity index (χ1v) is 9.24. The molecule has 1 aromatic carbocycles. The molecule has 0 spiro atoms. The third-order valence-electron chi connectivity index (χ3n) is 5.73. The lowest BCUT2D eigenvalue weighted by molar-refractivity contribution is -0.00919. The van der Waals surface area contributed by atoms with Gasteiger partial charge in [0.25, 0.3) is 0 Å². The van der Waals surface area contributed by atoms with Crippen molar-refractivity contribution >= 4 is 0 Å². The Morgan fingerprint density at radius 1 is 1.25 bits per heavy atom. The molecule has 0 bridgehead atoms. The Hall–Kier alpha value is -1.48. The van der Waals surface area contributed by atoms with E-state index in [9.17, 15) is 10.2 Å². The Morgan fingerprint density at radius 3 is 2.71 bits per heavy atom. The SMILES string of the molecule is CCCCCc1cc(O)c2c(c1)OC(C)(C)[C@@H]1CC(O)C(C)=CC21. The topological polar surface area (TPSA) is 49.7 Å². The maximum atomic E-state index is 10.7. The van der Waals surface area contributed by atoms with E-state index in [2.05, 4.69) is 32.9 Å². The Balaban J connectivity index is 2.00. The highest BCUT2D eigenvalue weighted by molar-refractivity contribution is 5.54. The van der Waals surface area contributed by atoms with Crippen LogP contribution in [0.25, 0.3) is 0 Å². The number of phenolic OH excluding ortho intramolecular Hbond substituents is 1. The number of phenols is 1. The van der Waals surface area contributed by atoms with Crippen LogP contribution in [0.4, 0.5) is 0 Å². The third-order valence-corrected chi connectivity index (χ3v) is 5.73. The van der Waals surface area contributed by atoms with Crippen LogP contribution in [0.5, 0.6) is 11.5 Å². The van der Waals surface area contributed by atoms with Crippen molar-refractivity contribution in [1.29, 1.82) is 0 Å². The van der Waals surface area contributed by atoms with Crippen molar-refractivity contribution in [3.05, 3.63) is 34.9 Å². The van der Waals surface area contributed by atoms with Gasteiger partial charge in [0.1, 0.15) is 17.1 Å². The van der Waals surface area contributed by atoms with Gasteiger partial charge in [0, 0.05) is 17.4 Å². The zero-order valence-electron chi connectivity index (χ0n) is 15.3. The number of aryl methyl sites for hydroxylation is 1. The van der Waals surface area contributed by atoms with Gasteiger partial charge in [-0.3, -0.25) is 0 Å². The monoisotopic (exact) mass is 330 g/mol. The average Bonchev–Trinajstić information content (AvgIpc) is 2.49. The van der Waals surface area contributed by atoms with E-state index < -0.39 is 6.10 Å². The van der Waals surface area contributed by atoms with Crippen LogP contribution in [-0.2, 0) is 6.42 Å². The van der Waals surface area contributed by atoms with Crippen molar-refractivity contribution in [3.63, 3.8) is 0 Å². The summed E-state index contributed by atoms with van der Waals surface area (Å²) in [5.74, 6) is 1.43. The highest BCUT2D eigenvalue weighted by Gasteiger charge is 2.47. The quantitative estimate of drug-likeness (QED) is 0.621. The number of ether oxygens (including phenoxy) is 1. The number of aliphatic hydroxyl groups is 1. The van der Waals surface area contributed by atoms with Crippen LogP contribution in [0.2, 0.25) is 0 Å². The summed E-state index contributed by atoms with van der Waals surface area (Å²) in [4.78, 5) is 0. The summed E-state index contributed by atoms with van der Waals surface area (Å²) >= 11 is 0. The van der Waals surface area contributed by atoms with E-state index in [1.807, 2.05) is 13.0 Å². The predicted molar refractivity (Wildman–Crippen MR) is 96.7 cm³/mol. The third kappa shape index (κ3) is 3.06. The van der Waals surface area contributed by atoms with Gasteiger partial charge in [-0.1, -0.05) is 25.8 Å². The van der Waals surface area contributed by atoms with Crippen LogP contribution in [-0.4, -0.2) is 21.9 Å². The van der Waals surface area contributed by atoms with Gasteiger partial charge in [-0.05, 0) is 63.3 Å². The van der Waals surface area contributed by atoms with Gasteiger partial charge in [-0.25, -0.2) is 0 Å². The number of unbranched alkanes of at least 4 members (excludes halogenated alkanes) is 2. The number of hydrogen-bond acceptors (Lipinski definition) is 3. The van der Waals surface area contributed by atoms with E-state index in [1.165, 1.54) is 12.8 Å². The normalized spacial score (nSPS) is 27.7. The Morgan fingerprint density at radius 2 is 2.00 bits per heavy atom. The first kappa shape index (κ1) is 17.3. The number of hydrogen-bond donors (Lipinski definition) is 2. The summed E-state index contributed by atoms with van der Waals surface area (Å²) in [5, 5.41) is 20.9. The second-order valence-electron chi connectivity index (χ2n) is 7.98. The van der Waals surface area contributed by atoms with Crippen molar-refractivity contribution in [2.24, 2.45) is 5.92 Å². The van der Waals surface area contributed by atoms with Crippen LogP contribution >= 0.6 is 0 Å². The zero-order chi connectivity index (χ0) is 17.5. The van der Waals surface area contributed by atoms with Crippen molar-refractivity contribution < 1.29 is 14.9 Å². The first-order chi connectivity index (χ1) is 11.3. The molecule has 0 aromatic heterocycles. The van der Waals surface area contributed by atoms with Crippen molar-refractivity contribution in [2.45, 2.75) is 77.4 Å². The molecular weight excluding hydrogens is 300 g/mol. The van der Waals surface area contributed by atoms with Crippen molar-refractivity contribution in [2.75, 3.05) is 0 Å². The van der Waals surface area contributed by atoms with Gasteiger partial charge in [0.15, 0.2) is 0 Å². The standard InChI is InChI=1S/C21H30O3/c1-5-6-7-8-14-10-18(23)20-15-9-13(2)17(22)12-16(15)21(3,4)24-19(20)11-14/h9-11,15-17,22-23H,5-8,12H2,1-4H3/t15?,16-,17?/m1/s1. The molecule has 2 aliphatic rings. The Kier molecular flexibility index (Phi) is 4.65. The number of aliphatic hydroxyl groups excluding tert-OH is 1. The fourth-order valence-electron chi connectivity index (χ4n) is 4.25. The van der Waals surface area contributed by atoms with E-state index in [0.29, 0.717) is 12.2 Å². The van der Waals surface area contributed by atoms with Gasteiger partial charge in [0.2, 0.25) is 0 Å². The molecule has 0 amide bonds. The number of aromatic hydroxyl groups is 1. The summed E-state index contributed by atoms with van der Waals surface area (Å²) in [6, 6.07) is 4.01. The molecule has 1 aromatic rings. The number of benzene rings is 1. The van der Waals surface area contributed by atoms with E-state index >= 15 is 0 Å². The molecule has 0 saturated carbocycles. The molecule has 2 unspecified atom stereocenters. The van der Waals surface area contributed by atoms with E-state index in [1.54, 1.807) is 0 Å². The Labute approximate surface area is 145 Å². The molecule has 0 radical (unpaired) electrons. The van der Waals surface area contributed by atoms with Gasteiger partial charge >= 0.3 is 0 Å². The largest absolute Gasteiger partial charge is 0.507 e. The molecule has 1 aliphatic carbocycles. The van der Waals surface area contributed by atoms with Crippen molar-refractivity contribution in [3.8, 4) is 11.5 Å². The molecule has 0 fully saturated rings.